The van der Waals surface area contributed by atoms with E-state index in [9.17, 15) is 18.0 Å². The standard InChI is InChI=1S/C17H12F3N5O/c18-17(19,20)14-8-11-22-15(24-14)25(13-4-2-1-3-5-13)16(26)23-12-6-9-21-10-7-12/h1-11H,(H,21,23,26). The van der Waals surface area contributed by atoms with Crippen LogP contribution in [0.3, 0.4) is 0 Å². The quantitative estimate of drug-likeness (QED) is 0.758. The van der Waals surface area contributed by atoms with Crippen LogP contribution >= 0.6 is 0 Å². The fraction of sp³-hybridized carbons (Fsp3) is 0.0588. The van der Waals surface area contributed by atoms with Gasteiger partial charge in [0.15, 0.2) is 0 Å². The van der Waals surface area contributed by atoms with E-state index < -0.39 is 23.8 Å². The Morgan fingerprint density at radius 1 is 0.962 bits per heavy atom. The summed E-state index contributed by atoms with van der Waals surface area (Å²) >= 11 is 0. The van der Waals surface area contributed by atoms with E-state index in [1.165, 1.54) is 12.4 Å². The molecule has 2 aromatic heterocycles. The number of carbonyl (C=O) groups excluding carboxylic acids is 1. The van der Waals surface area contributed by atoms with Gasteiger partial charge in [0.05, 0.1) is 5.69 Å². The molecule has 0 radical (unpaired) electrons. The van der Waals surface area contributed by atoms with Crippen LogP contribution in [0.15, 0.2) is 67.1 Å². The largest absolute Gasteiger partial charge is 0.433 e. The predicted molar refractivity (Wildman–Crippen MR) is 88.9 cm³/mol. The zero-order valence-corrected chi connectivity index (χ0v) is 13.2. The topological polar surface area (TPSA) is 71.0 Å². The summed E-state index contributed by atoms with van der Waals surface area (Å²) in [7, 11) is 0. The van der Waals surface area contributed by atoms with E-state index in [0.717, 1.165) is 17.2 Å². The third kappa shape index (κ3) is 3.94. The Bertz CT molecular complexity index is 888. The molecule has 26 heavy (non-hydrogen) atoms. The molecule has 132 valence electrons. The van der Waals surface area contributed by atoms with Crippen molar-refractivity contribution in [1.29, 1.82) is 0 Å². The van der Waals surface area contributed by atoms with Crippen molar-refractivity contribution in [1.82, 2.24) is 15.0 Å². The summed E-state index contributed by atoms with van der Waals surface area (Å²) in [5, 5.41) is 2.58. The summed E-state index contributed by atoms with van der Waals surface area (Å²) in [5.41, 5.74) is -0.392. The Kier molecular flexibility index (Phi) is 4.78. The van der Waals surface area contributed by atoms with E-state index >= 15 is 0 Å². The molecule has 6 nitrogen and oxygen atoms in total. The maximum Gasteiger partial charge on any atom is 0.433 e. The molecule has 1 aromatic carbocycles. The minimum atomic E-state index is -4.65. The predicted octanol–water partition coefficient (Wildman–Crippen LogP) is 4.26. The number of nitrogens with zero attached hydrogens (tertiary/aromatic N) is 4. The lowest BCUT2D eigenvalue weighted by atomic mass is 10.3. The summed E-state index contributed by atoms with van der Waals surface area (Å²) < 4.78 is 38.9. The Morgan fingerprint density at radius 3 is 2.31 bits per heavy atom. The number of rotatable bonds is 3. The summed E-state index contributed by atoms with van der Waals surface area (Å²) in [5.74, 6) is -0.391. The van der Waals surface area contributed by atoms with Gasteiger partial charge in [0.25, 0.3) is 0 Å². The van der Waals surface area contributed by atoms with Crippen LogP contribution in [0.25, 0.3) is 0 Å². The van der Waals surface area contributed by atoms with Gasteiger partial charge in [0.2, 0.25) is 5.95 Å². The molecule has 9 heteroatoms. The van der Waals surface area contributed by atoms with Crippen molar-refractivity contribution in [3.63, 3.8) is 0 Å². The highest BCUT2D eigenvalue weighted by Crippen LogP contribution is 2.30. The first-order valence-corrected chi connectivity index (χ1v) is 7.41. The second-order valence-corrected chi connectivity index (χ2v) is 5.08. The van der Waals surface area contributed by atoms with Crippen LogP contribution in [0.5, 0.6) is 0 Å². The van der Waals surface area contributed by atoms with Crippen molar-refractivity contribution in [2.75, 3.05) is 10.2 Å². The summed E-state index contributed by atoms with van der Waals surface area (Å²) in [4.78, 5) is 24.8. The first-order valence-electron chi connectivity index (χ1n) is 7.41. The molecule has 3 rings (SSSR count). The van der Waals surface area contributed by atoms with Crippen molar-refractivity contribution in [2.24, 2.45) is 0 Å². The molecule has 0 spiro atoms. The number of aromatic nitrogens is 3. The molecular formula is C17H12F3N5O. The van der Waals surface area contributed by atoms with E-state index in [4.69, 9.17) is 0 Å². The highest BCUT2D eigenvalue weighted by Gasteiger charge is 2.34. The van der Waals surface area contributed by atoms with Crippen LogP contribution in [-0.4, -0.2) is 21.0 Å². The third-order valence-electron chi connectivity index (χ3n) is 3.28. The monoisotopic (exact) mass is 359 g/mol. The maximum atomic E-state index is 13.0. The number of nitrogens with one attached hydrogen (secondary N) is 1. The zero-order chi connectivity index (χ0) is 18.6. The highest BCUT2D eigenvalue weighted by molar-refractivity contribution is 6.05. The molecule has 0 aliphatic carbocycles. The first-order chi connectivity index (χ1) is 12.4. The van der Waals surface area contributed by atoms with Gasteiger partial charge in [0, 0.05) is 24.3 Å². The van der Waals surface area contributed by atoms with Gasteiger partial charge < -0.3 is 5.32 Å². The molecule has 0 bridgehead atoms. The number of hydrogen-bond acceptors (Lipinski definition) is 4. The van der Waals surface area contributed by atoms with Crippen LogP contribution in [0.4, 0.5) is 35.3 Å². The van der Waals surface area contributed by atoms with Gasteiger partial charge in [-0.3, -0.25) is 4.98 Å². The molecule has 2 heterocycles. The molecule has 0 fully saturated rings. The molecule has 0 aliphatic heterocycles. The Morgan fingerprint density at radius 2 is 1.65 bits per heavy atom. The van der Waals surface area contributed by atoms with Crippen LogP contribution in [-0.2, 0) is 6.18 Å². The fourth-order valence-corrected chi connectivity index (χ4v) is 2.13. The molecule has 0 saturated carbocycles. The molecular weight excluding hydrogens is 347 g/mol. The number of carbonyl (C=O) groups is 1. The molecule has 2 amide bonds. The van der Waals surface area contributed by atoms with E-state index in [1.807, 2.05) is 0 Å². The summed E-state index contributed by atoms with van der Waals surface area (Å²) in [6.45, 7) is 0. The minimum absolute atomic E-state index is 0.318. The zero-order valence-electron chi connectivity index (χ0n) is 13.2. The summed E-state index contributed by atoms with van der Waals surface area (Å²) in [6, 6.07) is 11.3. The lowest BCUT2D eigenvalue weighted by molar-refractivity contribution is -0.141. The Hall–Kier alpha value is -3.49. The number of alkyl halides is 3. The second kappa shape index (κ2) is 7.18. The van der Waals surface area contributed by atoms with Crippen molar-refractivity contribution in [3.8, 4) is 0 Å². The fourth-order valence-electron chi connectivity index (χ4n) is 2.13. The smallest absolute Gasteiger partial charge is 0.307 e. The van der Waals surface area contributed by atoms with E-state index in [1.54, 1.807) is 42.5 Å². The minimum Gasteiger partial charge on any atom is -0.307 e. The molecule has 0 saturated heterocycles. The van der Waals surface area contributed by atoms with Crippen LogP contribution in [0.2, 0.25) is 0 Å². The van der Waals surface area contributed by atoms with Crippen LogP contribution in [0.1, 0.15) is 5.69 Å². The van der Waals surface area contributed by atoms with Crippen molar-refractivity contribution >= 4 is 23.4 Å². The van der Waals surface area contributed by atoms with Gasteiger partial charge in [-0.1, -0.05) is 18.2 Å². The Labute approximate surface area is 146 Å². The normalized spacial score (nSPS) is 11.0. The van der Waals surface area contributed by atoms with Gasteiger partial charge >= 0.3 is 12.2 Å². The maximum absolute atomic E-state index is 13.0. The molecule has 0 unspecified atom stereocenters. The molecule has 0 atom stereocenters. The van der Waals surface area contributed by atoms with Crippen LogP contribution in [0, 0.1) is 0 Å². The van der Waals surface area contributed by atoms with Crippen molar-refractivity contribution < 1.29 is 18.0 Å². The average Bonchev–Trinajstić information content (AvgIpc) is 2.63. The van der Waals surface area contributed by atoms with Gasteiger partial charge in [0.1, 0.15) is 5.69 Å². The van der Waals surface area contributed by atoms with Gasteiger partial charge in [-0.05, 0) is 30.3 Å². The Balaban J connectivity index is 2.01. The van der Waals surface area contributed by atoms with E-state index in [2.05, 4.69) is 20.3 Å². The van der Waals surface area contributed by atoms with E-state index in [0.29, 0.717) is 11.4 Å². The van der Waals surface area contributed by atoms with Gasteiger partial charge in [-0.15, -0.1) is 0 Å². The second-order valence-electron chi connectivity index (χ2n) is 5.08. The van der Waals surface area contributed by atoms with E-state index in [-0.39, 0.29) is 0 Å². The van der Waals surface area contributed by atoms with Crippen LogP contribution < -0.4 is 10.2 Å². The number of halogens is 3. The third-order valence-corrected chi connectivity index (χ3v) is 3.28. The highest BCUT2D eigenvalue weighted by atomic mass is 19.4. The number of urea groups is 1. The SMILES string of the molecule is O=C(Nc1ccncc1)N(c1ccccc1)c1nccc(C(F)(F)F)n1. The number of para-hydroxylation sites is 1. The number of benzene rings is 1. The van der Waals surface area contributed by atoms with Gasteiger partial charge in [-0.25, -0.2) is 19.7 Å². The number of amides is 2. The molecule has 0 aliphatic rings. The number of hydrogen-bond donors (Lipinski definition) is 1. The van der Waals surface area contributed by atoms with Gasteiger partial charge in [-0.2, -0.15) is 13.2 Å². The van der Waals surface area contributed by atoms with Crippen molar-refractivity contribution in [2.45, 2.75) is 6.18 Å². The lowest BCUT2D eigenvalue weighted by Gasteiger charge is -2.21. The lowest BCUT2D eigenvalue weighted by Crippen LogP contribution is -2.32. The summed E-state index contributed by atoms with van der Waals surface area (Å²) in [6.07, 6.45) is -0.741. The molecule has 1 N–H and O–H groups in total. The molecule has 3 aromatic rings. The number of pyridine rings is 1. The first kappa shape index (κ1) is 17.3. The average molecular weight is 359 g/mol. The van der Waals surface area contributed by atoms with Crippen molar-refractivity contribution in [3.05, 3.63) is 72.8 Å². The number of anilines is 3.